The van der Waals surface area contributed by atoms with Gasteiger partial charge in [0, 0.05) is 30.1 Å². The largest absolute Gasteiger partial charge is 0.486 e. The fourth-order valence-electron chi connectivity index (χ4n) is 4.02. The van der Waals surface area contributed by atoms with Gasteiger partial charge >= 0.3 is 0 Å². The highest BCUT2D eigenvalue weighted by Crippen LogP contribution is 2.29. The monoisotopic (exact) mass is 462 g/mol. The van der Waals surface area contributed by atoms with Crippen molar-refractivity contribution in [3.63, 3.8) is 0 Å². The van der Waals surface area contributed by atoms with Crippen LogP contribution in [-0.4, -0.2) is 35.0 Å². The Morgan fingerprint density at radius 1 is 0.938 bits per heavy atom. The molecule has 0 radical (unpaired) electrons. The number of rotatable bonds is 4. The van der Waals surface area contributed by atoms with Crippen LogP contribution in [0.1, 0.15) is 16.8 Å². The molecule has 4 nitrogen and oxygen atoms in total. The number of carbonyl (C=O) groups is 1. The van der Waals surface area contributed by atoms with E-state index in [1.54, 1.807) is 12.3 Å². The van der Waals surface area contributed by atoms with Crippen molar-refractivity contribution in [2.24, 2.45) is 0 Å². The number of benzene rings is 3. The molecule has 0 bridgehead atoms. The van der Waals surface area contributed by atoms with Crippen LogP contribution in [0.25, 0.3) is 22.0 Å². The lowest BCUT2D eigenvalue weighted by molar-refractivity contribution is 0.0773. The Labute approximate surface area is 196 Å². The summed E-state index contributed by atoms with van der Waals surface area (Å²) < 4.78 is 6.22. The Hall–Kier alpha value is -3.08. The topological polar surface area (TPSA) is 42.4 Å². The SMILES string of the molecule is O=C(c1ccc(-c2ccc(Cl)c(Cl)c2)cc1)N1CCC(Oc2cccc3cccnc23)C1. The van der Waals surface area contributed by atoms with Crippen LogP contribution in [0.3, 0.4) is 0 Å². The van der Waals surface area contributed by atoms with Gasteiger partial charge in [0.25, 0.3) is 5.91 Å². The molecule has 160 valence electrons. The Kier molecular flexibility index (Phi) is 5.73. The summed E-state index contributed by atoms with van der Waals surface area (Å²) >= 11 is 12.1. The summed E-state index contributed by atoms with van der Waals surface area (Å²) in [6.45, 7) is 1.22. The molecule has 1 aliphatic heterocycles. The molecule has 6 heteroatoms. The number of hydrogen-bond donors (Lipinski definition) is 0. The first-order valence-corrected chi connectivity index (χ1v) is 11.2. The molecule has 1 unspecified atom stereocenters. The minimum Gasteiger partial charge on any atom is -0.486 e. The molecule has 2 heterocycles. The third-order valence-electron chi connectivity index (χ3n) is 5.71. The predicted molar refractivity (Wildman–Crippen MR) is 129 cm³/mol. The molecule has 0 saturated carbocycles. The number of aromatic nitrogens is 1. The third kappa shape index (κ3) is 4.16. The van der Waals surface area contributed by atoms with Gasteiger partial charge in [-0.1, -0.05) is 59.6 Å². The van der Waals surface area contributed by atoms with E-state index in [9.17, 15) is 4.79 Å². The molecule has 1 saturated heterocycles. The lowest BCUT2D eigenvalue weighted by atomic mass is 10.0. The second-order valence-electron chi connectivity index (χ2n) is 7.82. The van der Waals surface area contributed by atoms with Gasteiger partial charge in [0.05, 0.1) is 16.6 Å². The number of hydrogen-bond acceptors (Lipinski definition) is 3. The Morgan fingerprint density at radius 3 is 2.53 bits per heavy atom. The number of ether oxygens (including phenoxy) is 1. The first-order chi connectivity index (χ1) is 15.6. The standard InChI is InChI=1S/C26H20Cl2N2O2/c27-22-11-10-20(15-23(22)28)17-6-8-19(9-7-17)26(31)30-14-12-21(16-30)32-24-5-1-3-18-4-2-13-29-25(18)24/h1-11,13,15,21H,12,14,16H2. The van der Waals surface area contributed by atoms with Crippen molar-refractivity contribution in [1.82, 2.24) is 9.88 Å². The summed E-state index contributed by atoms with van der Waals surface area (Å²) in [5, 5.41) is 2.07. The molecule has 0 N–H and O–H groups in total. The average molecular weight is 463 g/mol. The fourth-order valence-corrected chi connectivity index (χ4v) is 4.32. The molecule has 1 atom stereocenters. The second kappa shape index (κ2) is 8.81. The maximum atomic E-state index is 13.0. The van der Waals surface area contributed by atoms with E-state index < -0.39 is 0 Å². The van der Waals surface area contributed by atoms with Crippen molar-refractivity contribution in [2.75, 3.05) is 13.1 Å². The average Bonchev–Trinajstić information content (AvgIpc) is 3.29. The maximum absolute atomic E-state index is 13.0. The minimum absolute atomic E-state index is 0.00725. The number of nitrogens with zero attached hydrogens (tertiary/aromatic N) is 2. The van der Waals surface area contributed by atoms with Crippen LogP contribution < -0.4 is 4.74 Å². The highest BCUT2D eigenvalue weighted by atomic mass is 35.5. The first-order valence-electron chi connectivity index (χ1n) is 10.4. The lowest BCUT2D eigenvalue weighted by Gasteiger charge is -2.18. The summed E-state index contributed by atoms with van der Waals surface area (Å²) in [4.78, 5) is 19.3. The van der Waals surface area contributed by atoms with E-state index in [-0.39, 0.29) is 12.0 Å². The smallest absolute Gasteiger partial charge is 0.253 e. The van der Waals surface area contributed by atoms with Crippen LogP contribution in [0.5, 0.6) is 5.75 Å². The van der Waals surface area contributed by atoms with Crippen LogP contribution in [-0.2, 0) is 0 Å². The number of para-hydroxylation sites is 1. The van der Waals surface area contributed by atoms with Gasteiger partial charge in [-0.25, -0.2) is 0 Å². The van der Waals surface area contributed by atoms with Gasteiger partial charge in [-0.15, -0.1) is 0 Å². The van der Waals surface area contributed by atoms with Gasteiger partial charge < -0.3 is 9.64 Å². The van der Waals surface area contributed by atoms with Gasteiger partial charge in [-0.05, 0) is 47.5 Å². The van der Waals surface area contributed by atoms with E-state index in [2.05, 4.69) is 4.98 Å². The van der Waals surface area contributed by atoms with Gasteiger partial charge in [0.2, 0.25) is 0 Å². The van der Waals surface area contributed by atoms with Crippen molar-refractivity contribution in [3.8, 4) is 16.9 Å². The molecule has 1 fully saturated rings. The molecule has 1 aliphatic rings. The maximum Gasteiger partial charge on any atom is 0.253 e. The Balaban J connectivity index is 1.27. The van der Waals surface area contributed by atoms with Crippen molar-refractivity contribution in [2.45, 2.75) is 12.5 Å². The summed E-state index contributed by atoms with van der Waals surface area (Å²) in [6, 6.07) is 22.9. The highest BCUT2D eigenvalue weighted by Gasteiger charge is 2.28. The van der Waals surface area contributed by atoms with Crippen molar-refractivity contribution < 1.29 is 9.53 Å². The number of halogens is 2. The molecule has 0 spiro atoms. The molecular formula is C26H20Cl2N2O2. The van der Waals surface area contributed by atoms with E-state index in [0.717, 1.165) is 34.2 Å². The summed E-state index contributed by atoms with van der Waals surface area (Å²) in [5.74, 6) is 0.765. The van der Waals surface area contributed by atoms with Crippen LogP contribution >= 0.6 is 23.2 Å². The molecule has 3 aromatic carbocycles. The second-order valence-corrected chi connectivity index (χ2v) is 8.63. The van der Waals surface area contributed by atoms with E-state index >= 15 is 0 Å². The zero-order valence-corrected chi connectivity index (χ0v) is 18.7. The van der Waals surface area contributed by atoms with Gasteiger partial charge in [-0.3, -0.25) is 9.78 Å². The molecular weight excluding hydrogens is 443 g/mol. The first kappa shape index (κ1) is 20.8. The van der Waals surface area contributed by atoms with Crippen LogP contribution in [0, 0.1) is 0 Å². The number of likely N-dealkylation sites (tertiary alicyclic amines) is 1. The van der Waals surface area contributed by atoms with Crippen molar-refractivity contribution in [3.05, 3.63) is 94.6 Å². The number of amides is 1. The van der Waals surface area contributed by atoms with Crippen molar-refractivity contribution >= 4 is 40.0 Å². The van der Waals surface area contributed by atoms with Gasteiger partial charge in [0.15, 0.2) is 0 Å². The van der Waals surface area contributed by atoms with Gasteiger partial charge in [0.1, 0.15) is 17.4 Å². The van der Waals surface area contributed by atoms with E-state index in [1.807, 2.05) is 71.6 Å². The van der Waals surface area contributed by atoms with Crippen LogP contribution in [0.4, 0.5) is 0 Å². The molecule has 1 amide bonds. The van der Waals surface area contributed by atoms with Crippen LogP contribution in [0.15, 0.2) is 79.0 Å². The Bertz CT molecular complexity index is 1290. The zero-order chi connectivity index (χ0) is 22.1. The Morgan fingerprint density at radius 2 is 1.72 bits per heavy atom. The summed E-state index contributed by atoms with van der Waals surface area (Å²) in [6.07, 6.45) is 2.50. The fraction of sp³-hybridized carbons (Fsp3) is 0.154. The third-order valence-corrected chi connectivity index (χ3v) is 6.45. The van der Waals surface area contributed by atoms with E-state index in [4.69, 9.17) is 27.9 Å². The van der Waals surface area contributed by atoms with E-state index in [1.165, 1.54) is 0 Å². The zero-order valence-electron chi connectivity index (χ0n) is 17.2. The van der Waals surface area contributed by atoms with Crippen LogP contribution in [0.2, 0.25) is 10.0 Å². The molecule has 5 rings (SSSR count). The molecule has 1 aromatic heterocycles. The predicted octanol–water partition coefficient (Wildman–Crippen LogP) is 6.50. The molecule has 0 aliphatic carbocycles. The molecule has 4 aromatic rings. The summed E-state index contributed by atoms with van der Waals surface area (Å²) in [5.41, 5.74) is 3.43. The number of fused-ring (bicyclic) bond motifs is 1. The van der Waals surface area contributed by atoms with Gasteiger partial charge in [-0.2, -0.15) is 0 Å². The van der Waals surface area contributed by atoms with Crippen molar-refractivity contribution in [1.29, 1.82) is 0 Å². The lowest BCUT2D eigenvalue weighted by Crippen LogP contribution is -2.30. The summed E-state index contributed by atoms with van der Waals surface area (Å²) in [7, 11) is 0. The molecule has 32 heavy (non-hydrogen) atoms. The number of pyridine rings is 1. The van der Waals surface area contributed by atoms with E-state index in [0.29, 0.717) is 28.7 Å². The quantitative estimate of drug-likeness (QED) is 0.347. The number of carbonyl (C=O) groups excluding carboxylic acids is 1. The highest BCUT2D eigenvalue weighted by molar-refractivity contribution is 6.42. The normalized spacial score (nSPS) is 15.8. The minimum atomic E-state index is -0.0537.